The number of Topliss-reactive ketones (excluding diaryl/α,β-unsaturated/α-hetero) is 1. The maximum absolute atomic E-state index is 11.4. The highest BCUT2D eigenvalue weighted by Crippen LogP contribution is 2.24. The van der Waals surface area contributed by atoms with E-state index in [2.05, 4.69) is 9.88 Å². The zero-order valence-electron chi connectivity index (χ0n) is 10.8. The number of aromatic nitrogens is 1. The van der Waals surface area contributed by atoms with Crippen LogP contribution in [-0.4, -0.2) is 35.6 Å². The molecule has 0 aromatic carbocycles. The lowest BCUT2D eigenvalue weighted by Crippen LogP contribution is -2.36. The van der Waals surface area contributed by atoms with E-state index in [9.17, 15) is 4.79 Å². The van der Waals surface area contributed by atoms with E-state index < -0.39 is 0 Å². The fourth-order valence-corrected chi connectivity index (χ4v) is 2.50. The molecule has 1 aliphatic heterocycles. The monoisotopic (exact) mass is 248 g/mol. The minimum atomic E-state index is 0.0718. The summed E-state index contributed by atoms with van der Waals surface area (Å²) < 4.78 is 0. The lowest BCUT2D eigenvalue weighted by atomic mass is 9.95. The minimum absolute atomic E-state index is 0.0718. The van der Waals surface area contributed by atoms with Crippen molar-refractivity contribution < 1.29 is 9.90 Å². The predicted octanol–water partition coefficient (Wildman–Crippen LogP) is 1.88. The van der Waals surface area contributed by atoms with E-state index in [0.717, 1.165) is 31.7 Å². The number of piperidine rings is 1. The highest BCUT2D eigenvalue weighted by Gasteiger charge is 2.20. The SMILES string of the molecule is CC(=O)c1ccnc(N2CCCC(CCO)C2)c1. The number of nitrogens with zero attached hydrogens (tertiary/aromatic N) is 2. The van der Waals surface area contributed by atoms with Crippen LogP contribution in [0.2, 0.25) is 0 Å². The molecule has 4 heteroatoms. The number of aliphatic hydroxyl groups is 1. The van der Waals surface area contributed by atoms with Crippen molar-refractivity contribution in [3.8, 4) is 0 Å². The van der Waals surface area contributed by atoms with Gasteiger partial charge in [0.1, 0.15) is 5.82 Å². The largest absolute Gasteiger partial charge is 0.396 e. The Balaban J connectivity index is 2.10. The molecule has 1 saturated heterocycles. The average Bonchev–Trinajstić information content (AvgIpc) is 2.39. The summed E-state index contributed by atoms with van der Waals surface area (Å²) in [6.45, 7) is 3.73. The van der Waals surface area contributed by atoms with E-state index in [-0.39, 0.29) is 12.4 Å². The van der Waals surface area contributed by atoms with Gasteiger partial charge in [0.15, 0.2) is 5.78 Å². The summed E-state index contributed by atoms with van der Waals surface area (Å²) in [6, 6.07) is 3.62. The smallest absolute Gasteiger partial charge is 0.159 e. The van der Waals surface area contributed by atoms with Gasteiger partial charge in [0.05, 0.1) is 0 Å². The maximum atomic E-state index is 11.4. The average molecular weight is 248 g/mol. The van der Waals surface area contributed by atoms with Gasteiger partial charge in [0.2, 0.25) is 0 Å². The zero-order valence-corrected chi connectivity index (χ0v) is 10.8. The number of carbonyl (C=O) groups excluding carboxylic acids is 1. The Morgan fingerprint density at radius 3 is 3.17 bits per heavy atom. The van der Waals surface area contributed by atoms with Crippen molar-refractivity contribution in [2.45, 2.75) is 26.2 Å². The van der Waals surface area contributed by atoms with Crippen LogP contribution in [0.4, 0.5) is 5.82 Å². The van der Waals surface area contributed by atoms with E-state index in [1.807, 2.05) is 6.07 Å². The van der Waals surface area contributed by atoms with Crippen LogP contribution in [0.3, 0.4) is 0 Å². The second-order valence-corrected chi connectivity index (χ2v) is 4.93. The van der Waals surface area contributed by atoms with Gasteiger partial charge < -0.3 is 10.0 Å². The van der Waals surface area contributed by atoms with Crippen molar-refractivity contribution in [1.82, 2.24) is 4.98 Å². The molecule has 1 N–H and O–H groups in total. The lowest BCUT2D eigenvalue weighted by Gasteiger charge is -2.33. The first kappa shape index (κ1) is 13.0. The third-order valence-corrected chi connectivity index (χ3v) is 3.53. The Bertz CT molecular complexity index is 418. The third-order valence-electron chi connectivity index (χ3n) is 3.53. The van der Waals surface area contributed by atoms with Crippen molar-refractivity contribution in [1.29, 1.82) is 0 Å². The van der Waals surface area contributed by atoms with Crippen LogP contribution < -0.4 is 4.90 Å². The Hall–Kier alpha value is -1.42. The Kier molecular flexibility index (Phi) is 4.31. The van der Waals surface area contributed by atoms with Gasteiger partial charge in [0, 0.05) is 31.5 Å². The second kappa shape index (κ2) is 5.96. The standard InChI is InChI=1S/C14H20N2O2/c1-11(18)13-4-6-15-14(9-13)16-7-2-3-12(10-16)5-8-17/h4,6,9,12,17H,2-3,5,7-8,10H2,1H3. The van der Waals surface area contributed by atoms with Crippen LogP contribution in [0.5, 0.6) is 0 Å². The van der Waals surface area contributed by atoms with Crippen molar-refractivity contribution in [2.24, 2.45) is 5.92 Å². The van der Waals surface area contributed by atoms with Gasteiger partial charge in [-0.05, 0) is 44.2 Å². The molecular weight excluding hydrogens is 228 g/mol. The summed E-state index contributed by atoms with van der Waals surface area (Å²) in [6.07, 6.45) is 4.84. The number of hydrogen-bond donors (Lipinski definition) is 1. The normalized spacial score (nSPS) is 19.9. The molecule has 0 saturated carbocycles. The molecule has 2 heterocycles. The molecule has 1 atom stereocenters. The van der Waals surface area contributed by atoms with Crippen LogP contribution in [-0.2, 0) is 0 Å². The number of anilines is 1. The Labute approximate surface area is 108 Å². The third kappa shape index (κ3) is 3.07. The molecule has 0 radical (unpaired) electrons. The molecule has 1 aliphatic rings. The molecule has 2 rings (SSSR count). The number of rotatable bonds is 4. The van der Waals surface area contributed by atoms with Crippen molar-refractivity contribution in [3.05, 3.63) is 23.9 Å². The summed E-state index contributed by atoms with van der Waals surface area (Å²) in [5.41, 5.74) is 0.712. The van der Waals surface area contributed by atoms with Gasteiger partial charge in [-0.2, -0.15) is 0 Å². The van der Waals surface area contributed by atoms with E-state index in [0.29, 0.717) is 11.5 Å². The second-order valence-electron chi connectivity index (χ2n) is 4.93. The summed E-state index contributed by atoms with van der Waals surface area (Å²) in [5.74, 6) is 1.49. The van der Waals surface area contributed by atoms with E-state index in [1.165, 1.54) is 6.42 Å². The maximum Gasteiger partial charge on any atom is 0.159 e. The molecule has 4 nitrogen and oxygen atoms in total. The van der Waals surface area contributed by atoms with Gasteiger partial charge in [-0.3, -0.25) is 4.79 Å². The molecule has 0 amide bonds. The molecule has 0 aliphatic carbocycles. The predicted molar refractivity (Wildman–Crippen MR) is 70.9 cm³/mol. The Morgan fingerprint density at radius 2 is 2.44 bits per heavy atom. The van der Waals surface area contributed by atoms with Gasteiger partial charge >= 0.3 is 0 Å². The van der Waals surface area contributed by atoms with Gasteiger partial charge in [-0.25, -0.2) is 4.98 Å². The van der Waals surface area contributed by atoms with Crippen molar-refractivity contribution >= 4 is 11.6 Å². The first-order chi connectivity index (χ1) is 8.70. The van der Waals surface area contributed by atoms with E-state index in [4.69, 9.17) is 5.11 Å². The molecule has 18 heavy (non-hydrogen) atoms. The molecule has 1 aromatic rings. The summed E-state index contributed by atoms with van der Waals surface area (Å²) in [7, 11) is 0. The molecule has 1 fully saturated rings. The fourth-order valence-electron chi connectivity index (χ4n) is 2.50. The van der Waals surface area contributed by atoms with Gasteiger partial charge in [0.25, 0.3) is 0 Å². The van der Waals surface area contributed by atoms with E-state index in [1.54, 1.807) is 19.2 Å². The van der Waals surface area contributed by atoms with Crippen molar-refractivity contribution in [2.75, 3.05) is 24.6 Å². The van der Waals surface area contributed by atoms with Crippen LogP contribution in [0.25, 0.3) is 0 Å². The summed E-state index contributed by atoms with van der Waals surface area (Å²) >= 11 is 0. The van der Waals surface area contributed by atoms with Crippen LogP contribution in [0.15, 0.2) is 18.3 Å². The number of hydrogen-bond acceptors (Lipinski definition) is 4. The highest BCUT2D eigenvalue weighted by molar-refractivity contribution is 5.94. The van der Waals surface area contributed by atoms with Crippen LogP contribution in [0, 0.1) is 5.92 Å². The number of pyridine rings is 1. The lowest BCUT2D eigenvalue weighted by molar-refractivity contribution is 0.101. The topological polar surface area (TPSA) is 53.4 Å². The molecule has 1 unspecified atom stereocenters. The molecule has 0 spiro atoms. The first-order valence-corrected chi connectivity index (χ1v) is 6.53. The molecule has 98 valence electrons. The number of ketones is 1. The number of aliphatic hydroxyl groups excluding tert-OH is 1. The summed E-state index contributed by atoms with van der Waals surface area (Å²) in [4.78, 5) is 17.9. The number of carbonyl (C=O) groups is 1. The van der Waals surface area contributed by atoms with E-state index >= 15 is 0 Å². The zero-order chi connectivity index (χ0) is 13.0. The molecule has 0 bridgehead atoms. The minimum Gasteiger partial charge on any atom is -0.396 e. The first-order valence-electron chi connectivity index (χ1n) is 6.53. The van der Waals surface area contributed by atoms with Crippen LogP contribution in [0.1, 0.15) is 36.5 Å². The van der Waals surface area contributed by atoms with Crippen molar-refractivity contribution in [3.63, 3.8) is 0 Å². The van der Waals surface area contributed by atoms with Gasteiger partial charge in [-0.1, -0.05) is 0 Å². The molecule has 1 aromatic heterocycles. The van der Waals surface area contributed by atoms with Gasteiger partial charge in [-0.15, -0.1) is 0 Å². The Morgan fingerprint density at radius 1 is 1.61 bits per heavy atom. The quantitative estimate of drug-likeness (QED) is 0.827. The van der Waals surface area contributed by atoms with Crippen LogP contribution >= 0.6 is 0 Å². The molecular formula is C14H20N2O2. The summed E-state index contributed by atoms with van der Waals surface area (Å²) in [5, 5.41) is 9.01. The fraction of sp³-hybridized carbons (Fsp3) is 0.571. The highest BCUT2D eigenvalue weighted by atomic mass is 16.3.